The maximum atomic E-state index is 6.11. The third-order valence-electron chi connectivity index (χ3n) is 3.13. The van der Waals surface area contributed by atoms with E-state index in [1.54, 1.807) is 0 Å². The van der Waals surface area contributed by atoms with Crippen molar-refractivity contribution in [3.63, 3.8) is 0 Å². The van der Waals surface area contributed by atoms with Crippen LogP contribution in [0, 0.1) is 0 Å². The van der Waals surface area contributed by atoms with Gasteiger partial charge in [-0.2, -0.15) is 0 Å². The molecule has 3 rings (SSSR count). The Kier molecular flexibility index (Phi) is 3.48. The summed E-state index contributed by atoms with van der Waals surface area (Å²) in [6.45, 7) is 0. The Hall–Kier alpha value is -1.12. The fourth-order valence-corrected chi connectivity index (χ4v) is 3.54. The third kappa shape index (κ3) is 2.50. The van der Waals surface area contributed by atoms with Crippen LogP contribution in [0.3, 0.4) is 0 Å². The van der Waals surface area contributed by atoms with Gasteiger partial charge in [-0.1, -0.05) is 29.8 Å². The summed E-state index contributed by atoms with van der Waals surface area (Å²) in [4.78, 5) is 1.35. The lowest BCUT2D eigenvalue weighted by molar-refractivity contribution is 0.729. The van der Waals surface area contributed by atoms with Crippen molar-refractivity contribution < 1.29 is 0 Å². The van der Waals surface area contributed by atoms with Crippen molar-refractivity contribution in [3.05, 3.63) is 59.1 Å². The number of fused-ring (bicyclic) bond motifs is 1. The minimum Gasteiger partial charge on any atom is -0.378 e. The molecule has 3 heteroatoms. The fraction of sp³-hybridized carbons (Fsp3) is 0.200. The Morgan fingerprint density at radius 2 is 1.94 bits per heavy atom. The van der Waals surface area contributed by atoms with E-state index < -0.39 is 0 Å². The molecule has 1 atom stereocenters. The predicted molar refractivity (Wildman–Crippen MR) is 79.6 cm³/mol. The van der Waals surface area contributed by atoms with E-state index >= 15 is 0 Å². The first kappa shape index (κ1) is 11.9. The average Bonchev–Trinajstić information content (AvgIpc) is 2.41. The van der Waals surface area contributed by atoms with Gasteiger partial charge in [0.25, 0.3) is 0 Å². The Morgan fingerprint density at radius 1 is 1.11 bits per heavy atom. The van der Waals surface area contributed by atoms with Crippen LogP contribution in [0.2, 0.25) is 5.02 Å². The lowest BCUT2D eigenvalue weighted by Gasteiger charge is -2.27. The van der Waals surface area contributed by atoms with Gasteiger partial charge in [-0.25, -0.2) is 0 Å². The number of benzene rings is 2. The van der Waals surface area contributed by atoms with Gasteiger partial charge in [-0.15, -0.1) is 11.8 Å². The Bertz CT molecular complexity index is 541. The number of rotatable bonds is 2. The first-order valence-electron chi connectivity index (χ1n) is 6.07. The molecule has 0 aromatic heterocycles. The summed E-state index contributed by atoms with van der Waals surface area (Å²) in [5.41, 5.74) is 2.49. The summed E-state index contributed by atoms with van der Waals surface area (Å²) < 4.78 is 0. The summed E-state index contributed by atoms with van der Waals surface area (Å²) in [5, 5.41) is 4.41. The SMILES string of the molecule is Clc1ccc2c(c1)C(Nc1ccccc1)CCS2. The molecule has 0 saturated heterocycles. The van der Waals surface area contributed by atoms with Gasteiger partial charge in [0.2, 0.25) is 0 Å². The van der Waals surface area contributed by atoms with Crippen LogP contribution in [0.25, 0.3) is 0 Å². The number of hydrogen-bond donors (Lipinski definition) is 1. The maximum absolute atomic E-state index is 6.11. The molecule has 0 bridgehead atoms. The zero-order valence-corrected chi connectivity index (χ0v) is 11.5. The van der Waals surface area contributed by atoms with Crippen LogP contribution in [0.4, 0.5) is 5.69 Å². The van der Waals surface area contributed by atoms with E-state index in [1.165, 1.54) is 16.1 Å². The van der Waals surface area contributed by atoms with Crippen LogP contribution in [0.15, 0.2) is 53.4 Å². The number of halogens is 1. The molecular weight excluding hydrogens is 262 g/mol. The van der Waals surface area contributed by atoms with Crippen molar-refractivity contribution in [2.24, 2.45) is 0 Å². The summed E-state index contributed by atoms with van der Waals surface area (Å²) in [6, 6.07) is 16.9. The molecule has 92 valence electrons. The smallest absolute Gasteiger partial charge is 0.0533 e. The van der Waals surface area contributed by atoms with Crippen LogP contribution in [-0.2, 0) is 0 Å². The van der Waals surface area contributed by atoms with Gasteiger partial charge < -0.3 is 5.32 Å². The van der Waals surface area contributed by atoms with Crippen LogP contribution in [0.1, 0.15) is 18.0 Å². The monoisotopic (exact) mass is 275 g/mol. The number of thioether (sulfide) groups is 1. The number of nitrogens with one attached hydrogen (secondary N) is 1. The molecule has 1 nitrogen and oxygen atoms in total. The zero-order valence-electron chi connectivity index (χ0n) is 9.90. The highest BCUT2D eigenvalue weighted by atomic mass is 35.5. The highest BCUT2D eigenvalue weighted by Crippen LogP contribution is 2.39. The predicted octanol–water partition coefficient (Wildman–Crippen LogP) is 4.99. The first-order chi connectivity index (χ1) is 8.83. The number of hydrogen-bond acceptors (Lipinski definition) is 2. The summed E-state index contributed by atoms with van der Waals surface area (Å²) in [6.07, 6.45) is 1.13. The first-order valence-corrected chi connectivity index (χ1v) is 7.43. The van der Waals surface area contributed by atoms with Crippen molar-refractivity contribution in [1.29, 1.82) is 0 Å². The molecule has 0 spiro atoms. The van der Waals surface area contributed by atoms with Gasteiger partial charge in [-0.3, -0.25) is 0 Å². The molecule has 1 unspecified atom stereocenters. The molecule has 1 heterocycles. The van der Waals surface area contributed by atoms with Gasteiger partial charge in [0.1, 0.15) is 0 Å². The van der Waals surface area contributed by atoms with Crippen LogP contribution >= 0.6 is 23.4 Å². The standard InChI is InChI=1S/C15H14ClNS/c16-11-6-7-15-13(10-11)14(8-9-18-15)17-12-4-2-1-3-5-12/h1-7,10,14,17H,8-9H2. The molecule has 1 N–H and O–H groups in total. The van der Waals surface area contributed by atoms with Crippen LogP contribution in [-0.4, -0.2) is 5.75 Å². The van der Waals surface area contributed by atoms with Crippen molar-refractivity contribution in [3.8, 4) is 0 Å². The quantitative estimate of drug-likeness (QED) is 0.829. The topological polar surface area (TPSA) is 12.0 Å². The summed E-state index contributed by atoms with van der Waals surface area (Å²) in [7, 11) is 0. The van der Waals surface area contributed by atoms with Crippen molar-refractivity contribution in [2.75, 3.05) is 11.1 Å². The normalized spacial score (nSPS) is 18.2. The summed E-state index contributed by atoms with van der Waals surface area (Å²) in [5.74, 6) is 1.15. The molecule has 0 radical (unpaired) electrons. The minimum absolute atomic E-state index is 0.363. The highest BCUT2D eigenvalue weighted by Gasteiger charge is 2.20. The largest absolute Gasteiger partial charge is 0.378 e. The Labute approximate surface area is 117 Å². The lowest BCUT2D eigenvalue weighted by atomic mass is 10.0. The molecular formula is C15H14ClNS. The van der Waals surface area contributed by atoms with Crippen LogP contribution < -0.4 is 5.32 Å². The molecule has 0 fully saturated rings. The number of para-hydroxylation sites is 1. The molecule has 0 amide bonds. The van der Waals surface area contributed by atoms with Gasteiger partial charge in [-0.05, 0) is 42.3 Å². The van der Waals surface area contributed by atoms with E-state index in [0.717, 1.165) is 17.2 Å². The van der Waals surface area contributed by atoms with Gasteiger partial charge >= 0.3 is 0 Å². The lowest BCUT2D eigenvalue weighted by Crippen LogP contribution is -2.16. The van der Waals surface area contributed by atoms with Crippen molar-refractivity contribution >= 4 is 29.1 Å². The maximum Gasteiger partial charge on any atom is 0.0533 e. The minimum atomic E-state index is 0.363. The van der Waals surface area contributed by atoms with E-state index in [1.807, 2.05) is 23.9 Å². The van der Waals surface area contributed by atoms with Crippen LogP contribution in [0.5, 0.6) is 0 Å². The second-order valence-electron chi connectivity index (χ2n) is 4.38. The molecule has 18 heavy (non-hydrogen) atoms. The zero-order chi connectivity index (χ0) is 12.4. The van der Waals surface area contributed by atoms with E-state index in [2.05, 4.69) is 41.7 Å². The number of anilines is 1. The second kappa shape index (κ2) is 5.25. The second-order valence-corrected chi connectivity index (χ2v) is 5.96. The summed E-state index contributed by atoms with van der Waals surface area (Å²) >= 11 is 8.02. The average molecular weight is 276 g/mol. The van der Waals surface area contributed by atoms with Gasteiger partial charge in [0.15, 0.2) is 0 Å². The van der Waals surface area contributed by atoms with E-state index in [-0.39, 0.29) is 0 Å². The molecule has 1 aliphatic heterocycles. The van der Waals surface area contributed by atoms with E-state index in [4.69, 9.17) is 11.6 Å². The highest BCUT2D eigenvalue weighted by molar-refractivity contribution is 7.99. The van der Waals surface area contributed by atoms with E-state index in [9.17, 15) is 0 Å². The van der Waals surface area contributed by atoms with Gasteiger partial charge in [0, 0.05) is 21.4 Å². The molecule has 1 aliphatic rings. The molecule has 2 aromatic rings. The molecule has 0 saturated carbocycles. The van der Waals surface area contributed by atoms with Gasteiger partial charge in [0.05, 0.1) is 6.04 Å². The fourth-order valence-electron chi connectivity index (χ4n) is 2.25. The third-order valence-corrected chi connectivity index (χ3v) is 4.48. The van der Waals surface area contributed by atoms with Crippen molar-refractivity contribution in [1.82, 2.24) is 0 Å². The van der Waals surface area contributed by atoms with E-state index in [0.29, 0.717) is 6.04 Å². The Balaban J connectivity index is 1.89. The molecule has 0 aliphatic carbocycles. The molecule has 2 aromatic carbocycles. The Morgan fingerprint density at radius 3 is 2.78 bits per heavy atom. The van der Waals surface area contributed by atoms with Crippen molar-refractivity contribution in [2.45, 2.75) is 17.4 Å².